The van der Waals surface area contributed by atoms with E-state index in [0.717, 1.165) is 13.0 Å². The minimum absolute atomic E-state index is 0.523. The molecule has 1 atom stereocenters. The van der Waals surface area contributed by atoms with E-state index in [4.69, 9.17) is 5.73 Å². The highest BCUT2D eigenvalue weighted by Gasteiger charge is 2.30. The number of aromatic amines is 1. The zero-order chi connectivity index (χ0) is 11.8. The lowest BCUT2D eigenvalue weighted by Crippen LogP contribution is -2.33. The van der Waals surface area contributed by atoms with E-state index in [0.29, 0.717) is 6.04 Å². The number of rotatable bonds is 2. The maximum Gasteiger partial charge on any atom is 0.0510 e. The van der Waals surface area contributed by atoms with Gasteiger partial charge in [0.2, 0.25) is 0 Å². The van der Waals surface area contributed by atoms with E-state index in [1.807, 2.05) is 0 Å². The fourth-order valence-corrected chi connectivity index (χ4v) is 3.53. The van der Waals surface area contributed by atoms with Gasteiger partial charge in [0.1, 0.15) is 0 Å². The summed E-state index contributed by atoms with van der Waals surface area (Å²) in [5.74, 6) is 0. The molecule has 3 heteroatoms. The van der Waals surface area contributed by atoms with E-state index >= 15 is 0 Å². The molecule has 2 aliphatic rings. The molecule has 3 N–H and O–H groups in total. The molecule has 3 nitrogen and oxygen atoms in total. The molecule has 0 radical (unpaired) electrons. The van der Waals surface area contributed by atoms with Crippen molar-refractivity contribution in [3.63, 3.8) is 0 Å². The van der Waals surface area contributed by atoms with Crippen molar-refractivity contribution in [2.24, 2.45) is 5.73 Å². The molecule has 0 saturated carbocycles. The van der Waals surface area contributed by atoms with E-state index in [9.17, 15) is 0 Å². The van der Waals surface area contributed by atoms with Crippen molar-refractivity contribution in [1.29, 1.82) is 0 Å². The first-order valence-corrected chi connectivity index (χ1v) is 6.94. The Bertz CT molecular complexity index is 408. The summed E-state index contributed by atoms with van der Waals surface area (Å²) >= 11 is 0. The van der Waals surface area contributed by atoms with Crippen LogP contribution in [0.15, 0.2) is 0 Å². The Morgan fingerprint density at radius 3 is 2.88 bits per heavy atom. The summed E-state index contributed by atoms with van der Waals surface area (Å²) < 4.78 is 0. The highest BCUT2D eigenvalue weighted by Crippen LogP contribution is 2.36. The van der Waals surface area contributed by atoms with Crippen molar-refractivity contribution in [1.82, 2.24) is 9.88 Å². The van der Waals surface area contributed by atoms with Crippen LogP contribution < -0.4 is 5.73 Å². The molecule has 17 heavy (non-hydrogen) atoms. The van der Waals surface area contributed by atoms with Crippen LogP contribution in [0.5, 0.6) is 0 Å². The summed E-state index contributed by atoms with van der Waals surface area (Å²) in [5, 5.41) is 0. The van der Waals surface area contributed by atoms with Crippen LogP contribution in [0.4, 0.5) is 0 Å². The van der Waals surface area contributed by atoms with E-state index < -0.39 is 0 Å². The summed E-state index contributed by atoms with van der Waals surface area (Å²) in [6.07, 6.45) is 7.56. The number of aromatic nitrogens is 1. The molecule has 0 amide bonds. The number of hydrogen-bond acceptors (Lipinski definition) is 2. The smallest absolute Gasteiger partial charge is 0.0510 e. The number of likely N-dealkylation sites (N-methyl/N-ethyl adjacent to an activating group) is 1. The number of H-pyrrole nitrogens is 1. The maximum absolute atomic E-state index is 5.76. The number of aryl methyl sites for hydroxylation is 1. The predicted molar refractivity (Wildman–Crippen MR) is 70.2 cm³/mol. The first kappa shape index (κ1) is 11.3. The van der Waals surface area contributed by atoms with Crippen molar-refractivity contribution in [3.8, 4) is 0 Å². The third kappa shape index (κ3) is 1.81. The summed E-state index contributed by atoms with van der Waals surface area (Å²) in [7, 11) is 2.23. The van der Waals surface area contributed by atoms with Gasteiger partial charge < -0.3 is 10.7 Å². The van der Waals surface area contributed by atoms with Crippen LogP contribution in [0.2, 0.25) is 0 Å². The third-order valence-corrected chi connectivity index (χ3v) is 4.46. The molecule has 1 aromatic heterocycles. The molecule has 2 heterocycles. The van der Waals surface area contributed by atoms with Gasteiger partial charge >= 0.3 is 0 Å². The van der Waals surface area contributed by atoms with Gasteiger partial charge in [-0.3, -0.25) is 4.90 Å². The average Bonchev–Trinajstić information content (AvgIpc) is 2.72. The summed E-state index contributed by atoms with van der Waals surface area (Å²) in [6, 6.07) is 0.523. The molecular weight excluding hydrogens is 210 g/mol. The highest BCUT2D eigenvalue weighted by molar-refractivity contribution is 5.41. The molecular formula is C14H23N3. The first-order valence-electron chi connectivity index (χ1n) is 6.94. The Kier molecular flexibility index (Phi) is 2.97. The molecule has 0 aromatic carbocycles. The van der Waals surface area contributed by atoms with Gasteiger partial charge in [0.25, 0.3) is 0 Å². The van der Waals surface area contributed by atoms with Crippen LogP contribution >= 0.6 is 0 Å². The second-order valence-corrected chi connectivity index (χ2v) is 5.51. The van der Waals surface area contributed by atoms with Gasteiger partial charge in [0.15, 0.2) is 0 Å². The normalized spacial score (nSPS) is 24.5. The van der Waals surface area contributed by atoms with E-state index in [-0.39, 0.29) is 0 Å². The fraction of sp³-hybridized carbons (Fsp3) is 0.714. The monoisotopic (exact) mass is 233 g/mol. The van der Waals surface area contributed by atoms with Crippen LogP contribution in [0, 0.1) is 0 Å². The first-order chi connectivity index (χ1) is 8.31. The van der Waals surface area contributed by atoms with Crippen molar-refractivity contribution in [3.05, 3.63) is 22.5 Å². The minimum Gasteiger partial charge on any atom is -0.360 e. The average molecular weight is 233 g/mol. The van der Waals surface area contributed by atoms with Gasteiger partial charge in [-0.1, -0.05) is 0 Å². The zero-order valence-electron chi connectivity index (χ0n) is 10.8. The lowest BCUT2D eigenvalue weighted by molar-refractivity contribution is 0.217. The lowest BCUT2D eigenvalue weighted by Gasteiger charge is -2.32. The van der Waals surface area contributed by atoms with Gasteiger partial charge in [-0.2, -0.15) is 0 Å². The Morgan fingerprint density at radius 1 is 1.24 bits per heavy atom. The molecule has 0 bridgehead atoms. The highest BCUT2D eigenvalue weighted by atomic mass is 15.1. The van der Waals surface area contributed by atoms with Gasteiger partial charge in [-0.05, 0) is 63.2 Å². The van der Waals surface area contributed by atoms with Gasteiger partial charge in [0.05, 0.1) is 6.04 Å². The Hall–Kier alpha value is -0.800. The van der Waals surface area contributed by atoms with Gasteiger partial charge in [-0.25, -0.2) is 0 Å². The van der Waals surface area contributed by atoms with Crippen molar-refractivity contribution in [2.45, 2.75) is 44.6 Å². The topological polar surface area (TPSA) is 45.0 Å². The predicted octanol–water partition coefficient (Wildman–Crippen LogP) is 1.77. The van der Waals surface area contributed by atoms with Crippen molar-refractivity contribution >= 4 is 0 Å². The Labute approximate surface area is 103 Å². The third-order valence-electron chi connectivity index (χ3n) is 4.46. The maximum atomic E-state index is 5.76. The molecule has 1 aromatic rings. The summed E-state index contributed by atoms with van der Waals surface area (Å²) in [5.41, 5.74) is 12.1. The number of nitrogens with zero attached hydrogens (tertiary/aromatic N) is 1. The van der Waals surface area contributed by atoms with Crippen LogP contribution in [-0.2, 0) is 19.3 Å². The largest absolute Gasteiger partial charge is 0.360 e. The molecule has 3 rings (SSSR count). The van der Waals surface area contributed by atoms with Crippen molar-refractivity contribution in [2.75, 3.05) is 20.1 Å². The second kappa shape index (κ2) is 4.46. The van der Waals surface area contributed by atoms with E-state index in [1.54, 1.807) is 11.1 Å². The zero-order valence-corrected chi connectivity index (χ0v) is 10.8. The molecule has 94 valence electrons. The van der Waals surface area contributed by atoms with Crippen LogP contribution in [-0.4, -0.2) is 30.0 Å². The number of hydrogen-bond donors (Lipinski definition) is 2. The van der Waals surface area contributed by atoms with Crippen LogP contribution in [0.3, 0.4) is 0 Å². The number of nitrogens with one attached hydrogen (secondary N) is 1. The van der Waals surface area contributed by atoms with Crippen LogP contribution in [0.1, 0.15) is 47.8 Å². The second-order valence-electron chi connectivity index (χ2n) is 5.51. The summed E-state index contributed by atoms with van der Waals surface area (Å²) in [6.45, 7) is 1.96. The molecule has 1 unspecified atom stereocenters. The van der Waals surface area contributed by atoms with E-state index in [1.165, 1.54) is 50.0 Å². The Morgan fingerprint density at radius 2 is 2.06 bits per heavy atom. The molecule has 0 saturated heterocycles. The molecule has 0 spiro atoms. The quantitative estimate of drug-likeness (QED) is 0.817. The van der Waals surface area contributed by atoms with Gasteiger partial charge in [0, 0.05) is 17.9 Å². The number of fused-ring (bicyclic) bond motifs is 3. The molecule has 1 aliphatic heterocycles. The lowest BCUT2D eigenvalue weighted by atomic mass is 9.89. The van der Waals surface area contributed by atoms with Crippen LogP contribution in [0.25, 0.3) is 0 Å². The number of nitrogens with two attached hydrogens (primary N) is 1. The minimum atomic E-state index is 0.523. The molecule has 0 fully saturated rings. The molecule has 1 aliphatic carbocycles. The SMILES string of the molecule is CN1CCc2c([nH]c3c2CCCC3)C1CCN. The fourth-order valence-electron chi connectivity index (χ4n) is 3.53. The Balaban J connectivity index is 2.00. The standard InChI is InChI=1S/C14H23N3/c1-17-9-7-11-10-4-2-3-5-12(10)16-14(11)13(17)6-8-15/h13,16H,2-9,15H2,1H3. The van der Waals surface area contributed by atoms with Gasteiger partial charge in [-0.15, -0.1) is 0 Å². The summed E-state index contributed by atoms with van der Waals surface area (Å²) in [4.78, 5) is 6.18. The van der Waals surface area contributed by atoms with Crippen molar-refractivity contribution < 1.29 is 0 Å². The van der Waals surface area contributed by atoms with E-state index in [2.05, 4.69) is 16.9 Å².